The zero-order valence-electron chi connectivity index (χ0n) is 21.7. The van der Waals surface area contributed by atoms with E-state index in [1.165, 1.54) is 11.1 Å². The number of carboxylic acids is 2. The second-order valence-electron chi connectivity index (χ2n) is 9.32. The molecule has 0 saturated heterocycles. The molecule has 3 aromatic rings. The molecular formula is C29H28N5O5S+. The molecule has 2 heterocycles. The summed E-state index contributed by atoms with van der Waals surface area (Å²) in [5.41, 5.74) is 3.40. The van der Waals surface area contributed by atoms with E-state index in [-0.39, 0.29) is 25.1 Å². The lowest BCUT2D eigenvalue weighted by molar-refractivity contribution is -0.637. The number of nitrogens with one attached hydrogen (secondary N) is 2. The zero-order valence-corrected chi connectivity index (χ0v) is 22.5. The monoisotopic (exact) mass is 558 g/mol. The Kier molecular flexibility index (Phi) is 7.76. The Hall–Kier alpha value is -4.74. The van der Waals surface area contributed by atoms with Crippen LogP contribution in [0.1, 0.15) is 19.8 Å². The van der Waals surface area contributed by atoms with Crippen LogP contribution in [0.5, 0.6) is 5.75 Å². The fourth-order valence-corrected chi connectivity index (χ4v) is 5.11. The molecule has 11 heteroatoms. The van der Waals surface area contributed by atoms with Gasteiger partial charge in [-0.3, -0.25) is 0 Å². The largest absolute Gasteiger partial charge is 0.693 e. The second kappa shape index (κ2) is 11.6. The molecule has 0 aliphatic carbocycles. The molecule has 3 aromatic carbocycles. The first kappa shape index (κ1) is 26.9. The third-order valence-corrected chi connectivity index (χ3v) is 7.03. The van der Waals surface area contributed by atoms with Crippen LogP contribution in [0.15, 0.2) is 95.7 Å². The molecule has 4 N–H and O–H groups in total. The van der Waals surface area contributed by atoms with Crippen molar-refractivity contribution in [1.82, 2.24) is 0 Å². The number of amidine groups is 2. The van der Waals surface area contributed by atoms with E-state index in [0.717, 1.165) is 27.8 Å². The van der Waals surface area contributed by atoms with E-state index in [2.05, 4.69) is 10.4 Å². The van der Waals surface area contributed by atoms with Crippen molar-refractivity contribution >= 4 is 58.3 Å². The molecule has 10 nitrogen and oxygen atoms in total. The minimum Gasteiger partial charge on any atom is -0.693 e. The summed E-state index contributed by atoms with van der Waals surface area (Å²) in [6.07, 6.45) is 1.79. The zero-order chi connectivity index (χ0) is 28.2. The molecule has 0 bridgehead atoms. The van der Waals surface area contributed by atoms with Crippen molar-refractivity contribution in [2.45, 2.75) is 25.8 Å². The Bertz CT molecular complexity index is 1540. The number of rotatable bonds is 9. The highest BCUT2D eigenvalue weighted by atomic mass is 32.1. The normalized spacial score (nSPS) is 18.7. The molecule has 0 saturated carbocycles. The van der Waals surface area contributed by atoms with Crippen LogP contribution >= 0.6 is 0 Å². The Balaban J connectivity index is 1.28. The van der Waals surface area contributed by atoms with Crippen molar-refractivity contribution in [3.63, 3.8) is 0 Å². The number of hydrogen-bond acceptors (Lipinski definition) is 7. The number of hydrazone groups is 1. The maximum Gasteiger partial charge on any atom is 0.379 e. The molecular weight excluding hydrogens is 530 g/mol. The van der Waals surface area contributed by atoms with Gasteiger partial charge in [-0.05, 0) is 31.0 Å². The number of hydrogen-bond donors (Lipinski definition) is 4. The van der Waals surface area contributed by atoms with Gasteiger partial charge >= 0.3 is 17.8 Å². The fraction of sp³-hybridized carbons (Fsp3) is 0.172. The summed E-state index contributed by atoms with van der Waals surface area (Å²) in [5.74, 6) is -0.619. The molecule has 0 radical (unpaired) electrons. The van der Waals surface area contributed by atoms with E-state index in [1.54, 1.807) is 24.3 Å². The molecule has 0 aromatic heterocycles. The summed E-state index contributed by atoms with van der Waals surface area (Å²) in [6, 6.07) is 23.7. The minimum absolute atomic E-state index is 0.147. The predicted molar refractivity (Wildman–Crippen MR) is 153 cm³/mol. The number of carbonyl (C=O) groups is 2. The molecule has 2 unspecified atom stereocenters. The number of anilines is 2. The second-order valence-corrected chi connectivity index (χ2v) is 9.70. The Morgan fingerprint density at radius 2 is 1.88 bits per heavy atom. The molecule has 0 fully saturated rings. The van der Waals surface area contributed by atoms with Crippen LogP contribution in [0, 0.1) is 0 Å². The Morgan fingerprint density at radius 3 is 2.62 bits per heavy atom. The summed E-state index contributed by atoms with van der Waals surface area (Å²) in [5, 5.41) is 27.4. The van der Waals surface area contributed by atoms with Gasteiger partial charge in [0.25, 0.3) is 0 Å². The fourth-order valence-electron chi connectivity index (χ4n) is 4.76. The average Bonchev–Trinajstić information content (AvgIpc) is 3.26. The van der Waals surface area contributed by atoms with Gasteiger partial charge in [-0.1, -0.05) is 30.3 Å². The van der Waals surface area contributed by atoms with Crippen molar-refractivity contribution in [3.8, 4) is 5.75 Å². The summed E-state index contributed by atoms with van der Waals surface area (Å²) < 4.78 is 7.75. The first-order valence-electron chi connectivity index (χ1n) is 12.7. The van der Waals surface area contributed by atoms with E-state index in [4.69, 9.17) is 17.4 Å². The van der Waals surface area contributed by atoms with Gasteiger partial charge in [0.2, 0.25) is 5.69 Å². The molecule has 40 heavy (non-hydrogen) atoms. The highest BCUT2D eigenvalue weighted by Crippen LogP contribution is 2.30. The molecule has 0 amide bonds. The number of carboxylic acid groups (broad SMARTS) is 2. The lowest BCUT2D eigenvalue weighted by Crippen LogP contribution is -3.11. The molecule has 5 rings (SSSR count). The smallest absolute Gasteiger partial charge is 0.379 e. The van der Waals surface area contributed by atoms with Crippen molar-refractivity contribution in [2.75, 3.05) is 16.9 Å². The molecule has 0 spiro atoms. The molecule has 204 valence electrons. The average molecular weight is 559 g/mol. The number of para-hydroxylation sites is 1. The molecule has 2 aliphatic rings. The number of aliphatic carboxylic acids is 2. The lowest BCUT2D eigenvalue weighted by Gasteiger charge is -2.32. The van der Waals surface area contributed by atoms with Crippen LogP contribution < -0.4 is 19.9 Å². The van der Waals surface area contributed by atoms with Gasteiger partial charge in [-0.25, -0.2) is 9.59 Å². The van der Waals surface area contributed by atoms with Crippen LogP contribution in [0.25, 0.3) is 0 Å². The summed E-state index contributed by atoms with van der Waals surface area (Å²) in [7, 11) is 0. The predicted octanol–water partition coefficient (Wildman–Crippen LogP) is 3.27. The lowest BCUT2D eigenvalue weighted by atomic mass is 9.99. The quantitative estimate of drug-likeness (QED) is 0.180. The maximum absolute atomic E-state index is 11.8. The Morgan fingerprint density at radius 1 is 1.10 bits per heavy atom. The number of quaternary nitrogens is 1. The third-order valence-electron chi connectivity index (χ3n) is 6.74. The van der Waals surface area contributed by atoms with Gasteiger partial charge in [0, 0.05) is 57.7 Å². The summed E-state index contributed by atoms with van der Waals surface area (Å²) >= 11 is 5.59. The minimum atomic E-state index is -1.06. The van der Waals surface area contributed by atoms with Crippen molar-refractivity contribution in [2.24, 2.45) is 5.10 Å². The van der Waals surface area contributed by atoms with E-state index >= 15 is 0 Å². The van der Waals surface area contributed by atoms with E-state index < -0.39 is 18.0 Å². The van der Waals surface area contributed by atoms with Crippen LogP contribution in [0.2, 0.25) is 0 Å². The number of nitrogens with zero attached hydrogens (tertiary/aromatic N) is 3. The van der Waals surface area contributed by atoms with Gasteiger partial charge in [0.05, 0.1) is 12.5 Å². The van der Waals surface area contributed by atoms with E-state index in [1.807, 2.05) is 66.2 Å². The maximum atomic E-state index is 11.8. The van der Waals surface area contributed by atoms with Gasteiger partial charge in [-0.2, -0.15) is 4.90 Å². The van der Waals surface area contributed by atoms with Crippen molar-refractivity contribution < 1.29 is 34.1 Å². The SMILES string of the molecule is CC1=[N+](c2ccccc2)N=C([S-])[NH+]1c1cccc(NCOc2cccc(N3C=C(C(=O)O)CCC3C(=O)O)c2)c1. The third kappa shape index (κ3) is 5.65. The standard InChI is InChI=1S/C29H27N5O5S/c1-19-33(29(40)31-34(19)22-8-3-2-4-9-22)24-11-5-7-21(15-24)30-18-39-25-12-6-10-23(16-25)32-17-20(27(35)36)13-14-26(32)28(37)38/h2-12,15-17,26,30H,13-14,18H2,1H3,(H2-,31,35,36,37,38,40)/p+1. The van der Waals surface area contributed by atoms with Gasteiger partial charge in [0.1, 0.15) is 17.5 Å². The highest BCUT2D eigenvalue weighted by molar-refractivity contribution is 7.76. The first-order valence-corrected chi connectivity index (χ1v) is 13.1. The highest BCUT2D eigenvalue weighted by Gasteiger charge is 2.34. The van der Waals surface area contributed by atoms with Crippen LogP contribution in [-0.2, 0) is 22.2 Å². The van der Waals surface area contributed by atoms with Crippen LogP contribution in [0.4, 0.5) is 22.7 Å². The number of ether oxygens (including phenoxy) is 1. The molecule has 2 atom stereocenters. The van der Waals surface area contributed by atoms with E-state index in [9.17, 15) is 19.8 Å². The van der Waals surface area contributed by atoms with Crippen molar-refractivity contribution in [3.05, 3.63) is 90.6 Å². The summed E-state index contributed by atoms with van der Waals surface area (Å²) in [4.78, 5) is 25.6. The van der Waals surface area contributed by atoms with Crippen LogP contribution in [0.3, 0.4) is 0 Å². The first-order chi connectivity index (χ1) is 19.3. The topological polar surface area (TPSA) is 119 Å². The van der Waals surface area contributed by atoms with E-state index in [0.29, 0.717) is 16.6 Å². The van der Waals surface area contributed by atoms with Gasteiger partial charge in [-0.15, -0.1) is 0 Å². The van der Waals surface area contributed by atoms with Gasteiger partial charge < -0.3 is 37.8 Å². The van der Waals surface area contributed by atoms with Crippen molar-refractivity contribution in [1.29, 1.82) is 0 Å². The molecule has 2 aliphatic heterocycles. The Labute approximate surface area is 236 Å². The van der Waals surface area contributed by atoms with Crippen LogP contribution in [-0.4, -0.2) is 50.6 Å². The summed E-state index contributed by atoms with van der Waals surface area (Å²) in [6.45, 7) is 2.14. The van der Waals surface area contributed by atoms with Gasteiger partial charge in [0.15, 0.2) is 11.9 Å². The number of benzene rings is 3.